The summed E-state index contributed by atoms with van der Waals surface area (Å²) in [5.74, 6) is -0.766. The second-order valence-electron chi connectivity index (χ2n) is 5.18. The molecule has 124 valence electrons. The number of carbonyl (C=O) groups excluding carboxylic acids is 3. The number of ether oxygens (including phenoxy) is 1. The van der Waals surface area contributed by atoms with Gasteiger partial charge in [0.1, 0.15) is 11.5 Å². The van der Waals surface area contributed by atoms with Gasteiger partial charge in [0.25, 0.3) is 5.91 Å². The maximum atomic E-state index is 12.4. The number of imide groups is 1. The van der Waals surface area contributed by atoms with Crippen LogP contribution in [0.1, 0.15) is 22.0 Å². The number of urea groups is 1. The van der Waals surface area contributed by atoms with Crippen LogP contribution in [-0.2, 0) is 23.1 Å². The molecule has 0 radical (unpaired) electrons. The van der Waals surface area contributed by atoms with E-state index in [1.54, 1.807) is 6.08 Å². The number of amides is 3. The van der Waals surface area contributed by atoms with Crippen LogP contribution in [0, 0.1) is 0 Å². The Morgan fingerprint density at radius 3 is 2.79 bits per heavy atom. The van der Waals surface area contributed by atoms with Crippen LogP contribution >= 0.6 is 0 Å². The van der Waals surface area contributed by atoms with Gasteiger partial charge in [-0.3, -0.25) is 9.69 Å². The number of aromatic nitrogens is 1. The van der Waals surface area contributed by atoms with E-state index in [1.165, 1.54) is 19.2 Å². The van der Waals surface area contributed by atoms with Crippen LogP contribution in [0.5, 0.6) is 0 Å². The van der Waals surface area contributed by atoms with Gasteiger partial charge in [-0.1, -0.05) is 0 Å². The average Bonchev–Trinajstić information content (AvgIpc) is 3.25. The van der Waals surface area contributed by atoms with Gasteiger partial charge in [0.05, 0.1) is 13.7 Å². The zero-order chi connectivity index (χ0) is 17.3. The number of nitrogens with zero attached hydrogens (tertiary/aromatic N) is 2. The molecule has 1 aliphatic heterocycles. The molecule has 0 saturated carbocycles. The molecule has 1 fully saturated rings. The second kappa shape index (κ2) is 6.07. The highest BCUT2D eigenvalue weighted by molar-refractivity contribution is 6.13. The van der Waals surface area contributed by atoms with Crippen molar-refractivity contribution in [3.63, 3.8) is 0 Å². The molecule has 0 spiro atoms. The van der Waals surface area contributed by atoms with Gasteiger partial charge in [-0.15, -0.1) is 0 Å². The SMILES string of the molecule is COC(=O)c1ccc(CN2C(=O)NC(=Cc3cccn3C)C2=O)o1. The number of aryl methyl sites for hydroxylation is 1. The van der Waals surface area contributed by atoms with E-state index in [0.717, 1.165) is 10.6 Å². The summed E-state index contributed by atoms with van der Waals surface area (Å²) in [6.45, 7) is -0.0772. The number of hydrogen-bond donors (Lipinski definition) is 1. The zero-order valence-corrected chi connectivity index (χ0v) is 13.1. The van der Waals surface area contributed by atoms with Crippen LogP contribution in [0.2, 0.25) is 0 Å². The van der Waals surface area contributed by atoms with E-state index in [0.29, 0.717) is 5.76 Å². The minimum Gasteiger partial charge on any atom is -0.463 e. The predicted octanol–water partition coefficient (Wildman–Crippen LogP) is 1.50. The molecule has 2 aromatic rings. The quantitative estimate of drug-likeness (QED) is 0.521. The summed E-state index contributed by atoms with van der Waals surface area (Å²) in [6.07, 6.45) is 3.44. The van der Waals surface area contributed by atoms with Crippen LogP contribution in [0.15, 0.2) is 40.6 Å². The van der Waals surface area contributed by atoms with Crippen molar-refractivity contribution in [2.24, 2.45) is 7.05 Å². The van der Waals surface area contributed by atoms with Gasteiger partial charge in [-0.2, -0.15) is 0 Å². The molecule has 24 heavy (non-hydrogen) atoms. The summed E-state index contributed by atoms with van der Waals surface area (Å²) < 4.78 is 11.7. The van der Waals surface area contributed by atoms with Crippen molar-refractivity contribution in [1.29, 1.82) is 0 Å². The molecule has 0 unspecified atom stereocenters. The predicted molar refractivity (Wildman–Crippen MR) is 82.5 cm³/mol. The molecule has 0 aromatic carbocycles. The molecule has 1 N–H and O–H groups in total. The van der Waals surface area contributed by atoms with E-state index in [-0.39, 0.29) is 18.0 Å². The van der Waals surface area contributed by atoms with E-state index in [4.69, 9.17) is 4.42 Å². The van der Waals surface area contributed by atoms with Gasteiger partial charge in [-0.05, 0) is 30.3 Å². The summed E-state index contributed by atoms with van der Waals surface area (Å²) in [4.78, 5) is 36.8. The van der Waals surface area contributed by atoms with Crippen LogP contribution in [0.4, 0.5) is 4.79 Å². The number of nitrogens with one attached hydrogen (secondary N) is 1. The van der Waals surface area contributed by atoms with Crippen molar-refractivity contribution in [2.45, 2.75) is 6.54 Å². The molecule has 8 heteroatoms. The Balaban J connectivity index is 1.77. The van der Waals surface area contributed by atoms with E-state index in [1.807, 2.05) is 29.9 Å². The number of methoxy groups -OCH3 is 1. The highest BCUT2D eigenvalue weighted by Gasteiger charge is 2.34. The maximum Gasteiger partial charge on any atom is 0.373 e. The number of rotatable bonds is 4. The minimum atomic E-state index is -0.622. The summed E-state index contributed by atoms with van der Waals surface area (Å²) in [7, 11) is 3.07. The summed E-state index contributed by atoms with van der Waals surface area (Å²) >= 11 is 0. The second-order valence-corrected chi connectivity index (χ2v) is 5.18. The van der Waals surface area contributed by atoms with Crippen molar-refractivity contribution < 1.29 is 23.5 Å². The lowest BCUT2D eigenvalue weighted by atomic mass is 10.3. The molecule has 2 aromatic heterocycles. The first kappa shape index (κ1) is 15.6. The van der Waals surface area contributed by atoms with Crippen molar-refractivity contribution in [3.8, 4) is 0 Å². The average molecular weight is 329 g/mol. The third kappa shape index (κ3) is 2.81. The summed E-state index contributed by atoms with van der Waals surface area (Å²) in [5, 5.41) is 2.53. The van der Waals surface area contributed by atoms with Gasteiger partial charge in [0.15, 0.2) is 0 Å². The molecule has 1 aliphatic rings. The van der Waals surface area contributed by atoms with Gasteiger partial charge in [-0.25, -0.2) is 9.59 Å². The Morgan fingerprint density at radius 2 is 2.12 bits per heavy atom. The monoisotopic (exact) mass is 329 g/mol. The number of esters is 1. The summed E-state index contributed by atoms with van der Waals surface area (Å²) in [5.41, 5.74) is 0.966. The molecule has 3 amide bonds. The minimum absolute atomic E-state index is 0.0131. The molecule has 1 saturated heterocycles. The van der Waals surface area contributed by atoms with Crippen molar-refractivity contribution in [1.82, 2.24) is 14.8 Å². The maximum absolute atomic E-state index is 12.4. The Hall–Kier alpha value is -3.29. The largest absolute Gasteiger partial charge is 0.463 e. The highest BCUT2D eigenvalue weighted by atomic mass is 16.5. The Labute approximate surface area is 137 Å². The molecular formula is C16H15N3O5. The molecule has 0 aliphatic carbocycles. The first-order valence-corrected chi connectivity index (χ1v) is 7.12. The van der Waals surface area contributed by atoms with Crippen molar-refractivity contribution >= 4 is 24.0 Å². The topological polar surface area (TPSA) is 93.8 Å². The number of furan rings is 1. The fraction of sp³-hybridized carbons (Fsp3) is 0.188. The fourth-order valence-electron chi connectivity index (χ4n) is 2.32. The van der Waals surface area contributed by atoms with Gasteiger partial charge >= 0.3 is 12.0 Å². The molecule has 3 rings (SSSR count). The normalized spacial score (nSPS) is 15.9. The number of carbonyl (C=O) groups is 3. The van der Waals surface area contributed by atoms with Crippen LogP contribution < -0.4 is 5.32 Å². The van der Waals surface area contributed by atoms with Gasteiger partial charge in [0.2, 0.25) is 5.76 Å². The molecular weight excluding hydrogens is 314 g/mol. The van der Waals surface area contributed by atoms with E-state index < -0.39 is 17.9 Å². The number of hydrogen-bond acceptors (Lipinski definition) is 5. The van der Waals surface area contributed by atoms with E-state index >= 15 is 0 Å². The van der Waals surface area contributed by atoms with Crippen molar-refractivity contribution in [2.75, 3.05) is 7.11 Å². The van der Waals surface area contributed by atoms with Gasteiger partial charge in [0, 0.05) is 18.9 Å². The molecule has 0 bridgehead atoms. The Kier molecular flexibility index (Phi) is 3.95. The highest BCUT2D eigenvalue weighted by Crippen LogP contribution is 2.18. The Morgan fingerprint density at radius 1 is 1.33 bits per heavy atom. The van der Waals surface area contributed by atoms with Crippen LogP contribution in [-0.4, -0.2) is 34.5 Å². The molecule has 8 nitrogen and oxygen atoms in total. The van der Waals surface area contributed by atoms with Crippen LogP contribution in [0.25, 0.3) is 6.08 Å². The lowest BCUT2D eigenvalue weighted by Gasteiger charge is -2.09. The van der Waals surface area contributed by atoms with Crippen LogP contribution in [0.3, 0.4) is 0 Å². The fourth-order valence-corrected chi connectivity index (χ4v) is 2.32. The first-order chi connectivity index (χ1) is 11.5. The third-order valence-corrected chi connectivity index (χ3v) is 3.60. The third-order valence-electron chi connectivity index (χ3n) is 3.60. The van der Waals surface area contributed by atoms with Crippen molar-refractivity contribution in [3.05, 3.63) is 53.4 Å². The standard InChI is InChI=1S/C16H15N3O5/c1-18-7-3-4-10(18)8-12-14(20)19(16(22)17-12)9-11-5-6-13(24-11)15(21)23-2/h3-8H,9H2,1-2H3,(H,17,22). The molecule has 3 heterocycles. The Bertz CT molecular complexity index is 846. The lowest BCUT2D eigenvalue weighted by Crippen LogP contribution is -2.30. The van der Waals surface area contributed by atoms with E-state index in [2.05, 4.69) is 10.1 Å². The first-order valence-electron chi connectivity index (χ1n) is 7.12. The molecule has 0 atom stereocenters. The van der Waals surface area contributed by atoms with Gasteiger partial charge < -0.3 is 19.0 Å². The van der Waals surface area contributed by atoms with E-state index in [9.17, 15) is 14.4 Å². The summed E-state index contributed by atoms with van der Waals surface area (Å²) in [6, 6.07) is 6.07. The lowest BCUT2D eigenvalue weighted by molar-refractivity contribution is -0.123. The smallest absolute Gasteiger partial charge is 0.373 e. The zero-order valence-electron chi connectivity index (χ0n) is 13.1.